The highest BCUT2D eigenvalue weighted by atomic mass is 35.5. The lowest BCUT2D eigenvalue weighted by molar-refractivity contribution is -0.284. The quantitative estimate of drug-likeness (QED) is 0.267. The lowest BCUT2D eigenvalue weighted by Crippen LogP contribution is -2.58. The molecule has 1 aromatic carbocycles. The van der Waals surface area contributed by atoms with E-state index in [-0.39, 0.29) is 73.6 Å². The molecular weight excluding hydrogens is 610 g/mol. The van der Waals surface area contributed by atoms with E-state index in [1.54, 1.807) is 0 Å². The van der Waals surface area contributed by atoms with Gasteiger partial charge in [0, 0.05) is 25.3 Å². The number of methoxy groups -OCH3 is 1. The van der Waals surface area contributed by atoms with E-state index in [9.17, 15) is 40.3 Å². The molecular formula is C23H29Cl2F5N4O5S. The number of piperidine rings is 1. The molecule has 1 atom stereocenters. The molecule has 1 amide bonds. The molecule has 17 heteroatoms. The topological polar surface area (TPSA) is 131 Å². The van der Waals surface area contributed by atoms with Gasteiger partial charge in [0.05, 0.1) is 29.0 Å². The number of rotatable bonds is 10. The number of ether oxygens (including phenoxy) is 1. The third-order valence-electron chi connectivity index (χ3n) is 6.32. The van der Waals surface area contributed by atoms with Crippen LogP contribution in [0.1, 0.15) is 25.0 Å². The molecule has 1 saturated heterocycles. The Morgan fingerprint density at radius 2 is 1.70 bits per heavy atom. The van der Waals surface area contributed by atoms with Crippen LogP contribution in [0.5, 0.6) is 0 Å². The van der Waals surface area contributed by atoms with Crippen LogP contribution in [0.3, 0.4) is 0 Å². The number of hydrogen-bond donors (Lipinski definition) is 3. The first kappa shape index (κ1) is 35.9. The van der Waals surface area contributed by atoms with Gasteiger partial charge in [0.1, 0.15) is 0 Å². The number of amides is 1. The number of carbonyl (C=O) groups excluding carboxylic acids is 1. The Morgan fingerprint density at radius 1 is 1.10 bits per heavy atom. The van der Waals surface area contributed by atoms with Crippen LogP contribution in [0.4, 0.5) is 22.0 Å². The van der Waals surface area contributed by atoms with Crippen LogP contribution in [0, 0.1) is 0 Å². The van der Waals surface area contributed by atoms with E-state index < -0.39 is 51.7 Å². The van der Waals surface area contributed by atoms with E-state index in [1.807, 2.05) is 0 Å². The van der Waals surface area contributed by atoms with Crippen molar-refractivity contribution in [1.82, 2.24) is 20.6 Å². The Morgan fingerprint density at radius 3 is 2.20 bits per heavy atom. The predicted octanol–water partition coefficient (Wildman–Crippen LogP) is 3.09. The van der Waals surface area contributed by atoms with Crippen molar-refractivity contribution in [3.63, 3.8) is 0 Å². The molecule has 1 aromatic heterocycles. The Kier molecular flexibility index (Phi) is 12.7. The van der Waals surface area contributed by atoms with Gasteiger partial charge >= 0.3 is 12.1 Å². The summed E-state index contributed by atoms with van der Waals surface area (Å²) < 4.78 is 93.5. The van der Waals surface area contributed by atoms with E-state index in [4.69, 9.17) is 0 Å². The smallest absolute Gasteiger partial charge is 0.366 e. The van der Waals surface area contributed by atoms with Crippen LogP contribution < -0.4 is 10.6 Å². The van der Waals surface area contributed by atoms with Crippen molar-refractivity contribution >= 4 is 40.6 Å². The Bertz CT molecular complexity index is 1210. The van der Waals surface area contributed by atoms with E-state index in [1.165, 1.54) is 37.6 Å². The second kappa shape index (κ2) is 14.1. The molecule has 9 nitrogen and oxygen atoms in total. The fraction of sp³-hybridized carbons (Fsp3) is 0.522. The fourth-order valence-electron chi connectivity index (χ4n) is 3.96. The summed E-state index contributed by atoms with van der Waals surface area (Å²) in [4.78, 5) is 20.8. The maximum Gasteiger partial charge on any atom is 0.453 e. The maximum atomic E-state index is 13.6. The highest BCUT2D eigenvalue weighted by Gasteiger charge is 2.56. The number of hydrogen-bond acceptors (Lipinski definition) is 8. The molecule has 0 radical (unpaired) electrons. The molecule has 0 bridgehead atoms. The second-order valence-corrected chi connectivity index (χ2v) is 11.0. The molecule has 0 saturated carbocycles. The van der Waals surface area contributed by atoms with Gasteiger partial charge in [-0.15, -0.1) is 24.8 Å². The van der Waals surface area contributed by atoms with Gasteiger partial charge in [-0.2, -0.15) is 22.0 Å². The van der Waals surface area contributed by atoms with Crippen molar-refractivity contribution in [3.05, 3.63) is 42.4 Å². The first-order valence-electron chi connectivity index (χ1n) is 11.5. The number of alkyl halides is 5. The van der Waals surface area contributed by atoms with E-state index in [0.717, 1.165) is 6.20 Å². The van der Waals surface area contributed by atoms with Gasteiger partial charge in [-0.05, 0) is 44.5 Å². The van der Waals surface area contributed by atoms with Gasteiger partial charge in [0.15, 0.2) is 20.9 Å². The zero-order valence-corrected chi connectivity index (χ0v) is 23.5. The molecule has 2 aromatic rings. The molecule has 2 heterocycles. The van der Waals surface area contributed by atoms with E-state index in [0.29, 0.717) is 5.56 Å². The largest absolute Gasteiger partial charge is 0.453 e. The summed E-state index contributed by atoms with van der Waals surface area (Å²) in [6.45, 7) is 0.282. The van der Waals surface area contributed by atoms with Crippen LogP contribution in [-0.4, -0.2) is 79.3 Å². The summed E-state index contributed by atoms with van der Waals surface area (Å²) >= 11 is 0. The van der Waals surface area contributed by atoms with Gasteiger partial charge in [-0.3, -0.25) is 14.8 Å². The van der Waals surface area contributed by atoms with E-state index in [2.05, 4.69) is 25.3 Å². The third kappa shape index (κ3) is 7.76. The van der Waals surface area contributed by atoms with Gasteiger partial charge in [0.2, 0.25) is 5.91 Å². The third-order valence-corrected chi connectivity index (χ3v) is 8.84. The number of carbonyl (C=O) groups is 1. The van der Waals surface area contributed by atoms with Crippen LogP contribution in [0.25, 0.3) is 11.3 Å². The highest BCUT2D eigenvalue weighted by molar-refractivity contribution is 7.93. The van der Waals surface area contributed by atoms with Crippen molar-refractivity contribution in [3.8, 4) is 11.3 Å². The zero-order valence-electron chi connectivity index (χ0n) is 21.1. The van der Waals surface area contributed by atoms with Gasteiger partial charge in [0.25, 0.3) is 0 Å². The normalized spacial score (nSPS) is 16.3. The molecule has 0 spiro atoms. The zero-order chi connectivity index (χ0) is 28.2. The summed E-state index contributed by atoms with van der Waals surface area (Å²) in [7, 11) is -2.95. The minimum Gasteiger partial charge on any atom is -0.366 e. The Hall–Kier alpha value is -2.17. The maximum absolute atomic E-state index is 13.6. The average Bonchev–Trinajstić information content (AvgIpc) is 2.90. The summed E-state index contributed by atoms with van der Waals surface area (Å²) in [5, 5.41) is 15.0. The number of sulfone groups is 1. The standard InChI is InChI=1S/C23H27F5N4O5S.2ClH/c1-37-19(33)14-32-20(34)21(8-10-29-11-9-21)38(35,36)17-4-2-15(3-5-17)18-13-30-16(12-31-18)6-7-22(24,25)23(26,27)28;;/h2-5,12-13,19,29,33H,6-11,14H2,1H3,(H,32,34);2*1H. The number of aromatic nitrogens is 2. The second-order valence-electron chi connectivity index (χ2n) is 8.77. The number of halogens is 7. The molecule has 226 valence electrons. The van der Waals surface area contributed by atoms with Gasteiger partial charge in [-0.1, -0.05) is 12.1 Å². The average molecular weight is 639 g/mol. The molecule has 1 unspecified atom stereocenters. The van der Waals surface area contributed by atoms with Crippen molar-refractivity contribution in [2.45, 2.75) is 53.7 Å². The summed E-state index contributed by atoms with van der Waals surface area (Å²) in [5.74, 6) is -5.60. The number of nitrogens with one attached hydrogen (secondary N) is 2. The minimum atomic E-state index is -5.65. The molecule has 1 aliphatic heterocycles. The Balaban J connectivity index is 0.00000400. The van der Waals surface area contributed by atoms with Crippen molar-refractivity contribution in [1.29, 1.82) is 0 Å². The summed E-state index contributed by atoms with van der Waals surface area (Å²) in [6.07, 6.45) is -6.78. The van der Waals surface area contributed by atoms with Crippen LogP contribution in [-0.2, 0) is 25.8 Å². The number of aryl methyl sites for hydroxylation is 1. The lowest BCUT2D eigenvalue weighted by Gasteiger charge is -2.35. The van der Waals surface area contributed by atoms with Crippen LogP contribution in [0.2, 0.25) is 0 Å². The molecule has 1 aliphatic rings. The molecule has 0 aliphatic carbocycles. The Labute approximate surface area is 240 Å². The van der Waals surface area contributed by atoms with Gasteiger partial charge < -0.3 is 20.5 Å². The monoisotopic (exact) mass is 638 g/mol. The number of aliphatic hydroxyl groups is 1. The van der Waals surface area contributed by atoms with Crippen molar-refractivity contribution < 1.29 is 45.0 Å². The predicted molar refractivity (Wildman–Crippen MR) is 139 cm³/mol. The molecule has 3 rings (SSSR count). The number of nitrogens with zero attached hydrogens (tertiary/aromatic N) is 2. The first-order chi connectivity index (χ1) is 17.7. The molecule has 3 N–H and O–H groups in total. The van der Waals surface area contributed by atoms with Crippen LogP contribution in [0.15, 0.2) is 41.6 Å². The lowest BCUT2D eigenvalue weighted by atomic mass is 9.96. The first-order valence-corrected chi connectivity index (χ1v) is 13.0. The molecule has 1 fully saturated rings. The summed E-state index contributed by atoms with van der Waals surface area (Å²) in [6, 6.07) is 5.45. The van der Waals surface area contributed by atoms with Crippen molar-refractivity contribution in [2.75, 3.05) is 26.7 Å². The van der Waals surface area contributed by atoms with Crippen LogP contribution >= 0.6 is 24.8 Å². The van der Waals surface area contributed by atoms with E-state index >= 15 is 0 Å². The SMILES string of the molecule is COC(O)CNC(=O)C1(S(=O)(=O)c2ccc(-c3cnc(CCC(F)(F)C(F)(F)F)cn3)cc2)CCNCC1.Cl.Cl. The molecule has 40 heavy (non-hydrogen) atoms. The minimum absolute atomic E-state index is 0. The highest BCUT2D eigenvalue weighted by Crippen LogP contribution is 2.39. The number of aliphatic hydroxyl groups excluding tert-OH is 1. The number of benzene rings is 1. The summed E-state index contributed by atoms with van der Waals surface area (Å²) in [5.41, 5.74) is 0.591. The van der Waals surface area contributed by atoms with Crippen molar-refractivity contribution in [2.24, 2.45) is 0 Å². The van der Waals surface area contributed by atoms with Gasteiger partial charge in [-0.25, -0.2) is 8.42 Å². The fourth-order valence-corrected chi connectivity index (χ4v) is 5.97.